The third-order valence-electron chi connectivity index (χ3n) is 2.40. The van der Waals surface area contributed by atoms with Crippen molar-refractivity contribution < 1.29 is 0 Å². The van der Waals surface area contributed by atoms with Crippen LogP contribution >= 0.6 is 15.9 Å². The van der Waals surface area contributed by atoms with E-state index in [-0.39, 0.29) is 6.04 Å². The Balaban J connectivity index is 2.91. The van der Waals surface area contributed by atoms with Crippen molar-refractivity contribution in [2.24, 2.45) is 0 Å². The summed E-state index contributed by atoms with van der Waals surface area (Å²) in [6, 6.07) is 4.38. The van der Waals surface area contributed by atoms with Crippen molar-refractivity contribution in [3.05, 3.63) is 22.3 Å². The number of halogens is 1. The van der Waals surface area contributed by atoms with Gasteiger partial charge in [0.05, 0.1) is 12.5 Å². The SMILES string of the molecule is Cc1cc(Br)cnc1N(C)C(C)CC#N. The quantitative estimate of drug-likeness (QED) is 0.846. The summed E-state index contributed by atoms with van der Waals surface area (Å²) in [6.07, 6.45) is 2.28. The maximum atomic E-state index is 8.64. The minimum atomic E-state index is 0.183. The first-order chi connectivity index (χ1) is 7.06. The number of aromatic nitrogens is 1. The van der Waals surface area contributed by atoms with Crippen LogP contribution in [0.3, 0.4) is 0 Å². The smallest absolute Gasteiger partial charge is 0.131 e. The highest BCUT2D eigenvalue weighted by molar-refractivity contribution is 9.10. The highest BCUT2D eigenvalue weighted by Gasteiger charge is 2.12. The Morgan fingerprint density at radius 2 is 2.33 bits per heavy atom. The van der Waals surface area contributed by atoms with Gasteiger partial charge in [0, 0.05) is 23.8 Å². The van der Waals surface area contributed by atoms with Crippen LogP contribution in [0.1, 0.15) is 18.9 Å². The highest BCUT2D eigenvalue weighted by atomic mass is 79.9. The number of anilines is 1. The summed E-state index contributed by atoms with van der Waals surface area (Å²) in [5, 5.41) is 8.64. The van der Waals surface area contributed by atoms with E-state index in [1.807, 2.05) is 31.9 Å². The number of nitriles is 1. The first kappa shape index (κ1) is 12.0. The predicted octanol–water partition coefficient (Wildman–Crippen LogP) is 2.89. The molecule has 0 aliphatic heterocycles. The van der Waals surface area contributed by atoms with E-state index in [9.17, 15) is 0 Å². The van der Waals surface area contributed by atoms with Crippen molar-refractivity contribution >= 4 is 21.7 Å². The van der Waals surface area contributed by atoms with E-state index in [1.54, 1.807) is 6.20 Å². The van der Waals surface area contributed by atoms with Crippen molar-refractivity contribution in [1.29, 1.82) is 5.26 Å². The molecule has 3 nitrogen and oxygen atoms in total. The zero-order chi connectivity index (χ0) is 11.4. The largest absolute Gasteiger partial charge is 0.356 e. The van der Waals surface area contributed by atoms with Gasteiger partial charge in [-0.3, -0.25) is 0 Å². The van der Waals surface area contributed by atoms with Crippen molar-refractivity contribution in [2.45, 2.75) is 26.3 Å². The van der Waals surface area contributed by atoms with E-state index in [0.717, 1.165) is 15.9 Å². The van der Waals surface area contributed by atoms with Crippen LogP contribution in [0, 0.1) is 18.3 Å². The first-order valence-electron chi connectivity index (χ1n) is 4.78. The number of hydrogen-bond acceptors (Lipinski definition) is 3. The van der Waals surface area contributed by atoms with Crippen LogP contribution in [0.5, 0.6) is 0 Å². The van der Waals surface area contributed by atoms with Gasteiger partial charge in [0.1, 0.15) is 5.82 Å². The summed E-state index contributed by atoms with van der Waals surface area (Å²) in [6.45, 7) is 4.04. The fraction of sp³-hybridized carbons (Fsp3) is 0.455. The lowest BCUT2D eigenvalue weighted by Gasteiger charge is -2.25. The van der Waals surface area contributed by atoms with Crippen LogP contribution in [-0.2, 0) is 0 Å². The lowest BCUT2D eigenvalue weighted by Crippen LogP contribution is -2.29. The third-order valence-corrected chi connectivity index (χ3v) is 2.83. The maximum absolute atomic E-state index is 8.64. The molecule has 0 N–H and O–H groups in total. The molecule has 0 spiro atoms. The van der Waals surface area contributed by atoms with Gasteiger partial charge in [-0.25, -0.2) is 4.98 Å². The molecule has 4 heteroatoms. The van der Waals surface area contributed by atoms with E-state index >= 15 is 0 Å². The molecule has 80 valence electrons. The molecule has 1 aromatic heterocycles. The second-order valence-electron chi connectivity index (χ2n) is 3.62. The van der Waals surface area contributed by atoms with E-state index in [0.29, 0.717) is 6.42 Å². The lowest BCUT2D eigenvalue weighted by atomic mass is 10.2. The van der Waals surface area contributed by atoms with Crippen molar-refractivity contribution in [3.8, 4) is 6.07 Å². The van der Waals surface area contributed by atoms with Crippen LogP contribution in [0.25, 0.3) is 0 Å². The molecule has 1 unspecified atom stereocenters. The minimum absolute atomic E-state index is 0.183. The van der Waals surface area contributed by atoms with Crippen LogP contribution in [0.15, 0.2) is 16.7 Å². The van der Waals surface area contributed by atoms with Crippen LogP contribution < -0.4 is 4.90 Å². The average molecular weight is 268 g/mol. The number of hydrogen-bond donors (Lipinski definition) is 0. The lowest BCUT2D eigenvalue weighted by molar-refractivity contribution is 0.691. The summed E-state index contributed by atoms with van der Waals surface area (Å²) in [5.74, 6) is 0.931. The minimum Gasteiger partial charge on any atom is -0.356 e. The normalized spacial score (nSPS) is 11.9. The Morgan fingerprint density at radius 3 is 2.87 bits per heavy atom. The van der Waals surface area contributed by atoms with E-state index < -0.39 is 0 Å². The number of rotatable bonds is 3. The first-order valence-corrected chi connectivity index (χ1v) is 5.57. The number of aryl methyl sites for hydroxylation is 1. The van der Waals surface area contributed by atoms with E-state index in [1.165, 1.54) is 0 Å². The molecule has 1 aromatic rings. The molecule has 0 amide bonds. The third kappa shape index (κ3) is 2.93. The Hall–Kier alpha value is -1.08. The molecule has 0 fully saturated rings. The molecule has 0 bridgehead atoms. The fourth-order valence-electron chi connectivity index (χ4n) is 1.38. The Bertz CT molecular complexity index is 384. The zero-order valence-electron chi connectivity index (χ0n) is 9.16. The van der Waals surface area contributed by atoms with Crippen molar-refractivity contribution in [2.75, 3.05) is 11.9 Å². The van der Waals surface area contributed by atoms with Gasteiger partial charge >= 0.3 is 0 Å². The van der Waals surface area contributed by atoms with Gasteiger partial charge in [0.2, 0.25) is 0 Å². The molecule has 0 saturated heterocycles. The predicted molar refractivity (Wildman–Crippen MR) is 64.8 cm³/mol. The van der Waals surface area contributed by atoms with Crippen LogP contribution in [0.4, 0.5) is 5.82 Å². The second-order valence-corrected chi connectivity index (χ2v) is 4.53. The molecule has 0 radical (unpaired) electrons. The van der Waals surface area contributed by atoms with Gasteiger partial charge in [-0.05, 0) is 41.4 Å². The zero-order valence-corrected chi connectivity index (χ0v) is 10.7. The summed E-state index contributed by atoms with van der Waals surface area (Å²) < 4.78 is 0.977. The molecule has 1 heterocycles. The second kappa shape index (κ2) is 5.13. The molecule has 0 aliphatic carbocycles. The summed E-state index contributed by atoms with van der Waals surface area (Å²) in [4.78, 5) is 6.38. The highest BCUT2D eigenvalue weighted by Crippen LogP contribution is 2.21. The van der Waals surface area contributed by atoms with Crippen LogP contribution in [0.2, 0.25) is 0 Å². The van der Waals surface area contributed by atoms with Gasteiger partial charge in [0.25, 0.3) is 0 Å². The Morgan fingerprint density at radius 1 is 1.67 bits per heavy atom. The van der Waals surface area contributed by atoms with Gasteiger partial charge in [-0.15, -0.1) is 0 Å². The fourth-order valence-corrected chi connectivity index (χ4v) is 1.83. The van der Waals surface area contributed by atoms with E-state index in [2.05, 4.69) is 27.0 Å². The molecular formula is C11H14BrN3. The van der Waals surface area contributed by atoms with Crippen molar-refractivity contribution in [1.82, 2.24) is 4.98 Å². The summed E-state index contributed by atoms with van der Waals surface area (Å²) in [5.41, 5.74) is 1.11. The molecule has 1 atom stereocenters. The Labute approximate surface area is 98.9 Å². The molecule has 15 heavy (non-hydrogen) atoms. The molecular weight excluding hydrogens is 254 g/mol. The standard InChI is InChI=1S/C11H14BrN3/c1-8-6-10(12)7-14-11(8)15(3)9(2)4-5-13/h6-7,9H,4H2,1-3H3. The van der Waals surface area contributed by atoms with Gasteiger partial charge in [-0.1, -0.05) is 0 Å². The summed E-state index contributed by atoms with van der Waals surface area (Å²) in [7, 11) is 1.96. The van der Waals surface area contributed by atoms with E-state index in [4.69, 9.17) is 5.26 Å². The van der Waals surface area contributed by atoms with Crippen molar-refractivity contribution in [3.63, 3.8) is 0 Å². The molecule has 1 rings (SSSR count). The average Bonchev–Trinajstić information content (AvgIpc) is 2.17. The van der Waals surface area contributed by atoms with Gasteiger partial charge in [0.15, 0.2) is 0 Å². The molecule has 0 saturated carbocycles. The molecule has 0 aromatic carbocycles. The maximum Gasteiger partial charge on any atom is 0.131 e. The van der Waals surface area contributed by atoms with Gasteiger partial charge < -0.3 is 4.90 Å². The number of nitrogens with zero attached hydrogens (tertiary/aromatic N) is 3. The number of pyridine rings is 1. The molecule has 0 aliphatic rings. The summed E-state index contributed by atoms with van der Waals surface area (Å²) >= 11 is 3.38. The Kier molecular flexibility index (Phi) is 4.10. The monoisotopic (exact) mass is 267 g/mol. The van der Waals surface area contributed by atoms with Crippen LogP contribution in [-0.4, -0.2) is 18.1 Å². The van der Waals surface area contributed by atoms with Gasteiger partial charge in [-0.2, -0.15) is 5.26 Å². The topological polar surface area (TPSA) is 39.9 Å².